The van der Waals surface area contributed by atoms with Crippen molar-refractivity contribution in [2.24, 2.45) is 0 Å². The molecular formula is C15H16N2O3. The fourth-order valence-electron chi connectivity index (χ4n) is 1.81. The van der Waals surface area contributed by atoms with Crippen molar-refractivity contribution in [1.29, 1.82) is 0 Å². The monoisotopic (exact) mass is 272 g/mol. The van der Waals surface area contributed by atoms with Crippen molar-refractivity contribution >= 4 is 17.3 Å². The number of anilines is 2. The van der Waals surface area contributed by atoms with Gasteiger partial charge in [0.05, 0.1) is 12.8 Å². The minimum Gasteiger partial charge on any atom is -0.506 e. The molecule has 3 N–H and O–H groups in total. The first-order valence-electron chi connectivity index (χ1n) is 6.03. The van der Waals surface area contributed by atoms with Gasteiger partial charge in [0, 0.05) is 24.4 Å². The number of amides is 1. The normalized spacial score (nSPS) is 10.1. The van der Waals surface area contributed by atoms with E-state index in [-0.39, 0.29) is 17.3 Å². The summed E-state index contributed by atoms with van der Waals surface area (Å²) in [5, 5.41) is 9.57. The van der Waals surface area contributed by atoms with E-state index in [9.17, 15) is 9.90 Å². The van der Waals surface area contributed by atoms with Crippen molar-refractivity contribution in [2.45, 2.75) is 0 Å². The smallest absolute Gasteiger partial charge is 0.258 e. The van der Waals surface area contributed by atoms with Gasteiger partial charge >= 0.3 is 0 Å². The van der Waals surface area contributed by atoms with Crippen LogP contribution >= 0.6 is 0 Å². The second kappa shape index (κ2) is 5.52. The summed E-state index contributed by atoms with van der Waals surface area (Å²) in [7, 11) is 3.23. The number of hydrogen-bond acceptors (Lipinski definition) is 4. The van der Waals surface area contributed by atoms with Crippen LogP contribution in [-0.2, 0) is 0 Å². The second-order valence-electron chi connectivity index (χ2n) is 4.34. The van der Waals surface area contributed by atoms with Crippen LogP contribution in [0.2, 0.25) is 0 Å². The molecule has 0 aromatic heterocycles. The van der Waals surface area contributed by atoms with Crippen molar-refractivity contribution in [1.82, 2.24) is 0 Å². The van der Waals surface area contributed by atoms with E-state index in [0.29, 0.717) is 17.0 Å². The molecule has 0 radical (unpaired) electrons. The van der Waals surface area contributed by atoms with Gasteiger partial charge in [0.15, 0.2) is 0 Å². The number of carbonyl (C=O) groups excluding carboxylic acids is 1. The summed E-state index contributed by atoms with van der Waals surface area (Å²) < 4.78 is 5.13. The van der Waals surface area contributed by atoms with Crippen LogP contribution in [0.1, 0.15) is 10.4 Å². The molecule has 104 valence electrons. The molecule has 0 bridgehead atoms. The summed E-state index contributed by atoms with van der Waals surface area (Å²) in [6.45, 7) is 0. The molecule has 2 rings (SSSR count). The fraction of sp³-hybridized carbons (Fsp3) is 0.133. The lowest BCUT2D eigenvalue weighted by Crippen LogP contribution is -2.26. The number of carbonyl (C=O) groups is 1. The summed E-state index contributed by atoms with van der Waals surface area (Å²) in [6.07, 6.45) is 0. The third kappa shape index (κ3) is 2.66. The predicted molar refractivity (Wildman–Crippen MR) is 78.2 cm³/mol. The molecule has 5 nitrogen and oxygen atoms in total. The van der Waals surface area contributed by atoms with Crippen molar-refractivity contribution in [3.05, 3.63) is 48.0 Å². The number of rotatable bonds is 3. The zero-order valence-electron chi connectivity index (χ0n) is 11.3. The maximum atomic E-state index is 12.3. The molecule has 0 aliphatic heterocycles. The largest absolute Gasteiger partial charge is 0.506 e. The molecule has 0 unspecified atom stereocenters. The molecule has 0 fully saturated rings. The van der Waals surface area contributed by atoms with Gasteiger partial charge < -0.3 is 20.5 Å². The zero-order valence-corrected chi connectivity index (χ0v) is 11.3. The van der Waals surface area contributed by atoms with Crippen LogP contribution in [0.5, 0.6) is 11.5 Å². The number of benzene rings is 2. The van der Waals surface area contributed by atoms with Crippen molar-refractivity contribution in [3.8, 4) is 11.5 Å². The summed E-state index contributed by atoms with van der Waals surface area (Å²) in [6, 6.07) is 11.6. The molecule has 2 aromatic rings. The SMILES string of the molecule is COc1cccc(N(C)C(=O)c2ccc(N)c(O)c2)c1. The third-order valence-electron chi connectivity index (χ3n) is 3.02. The quantitative estimate of drug-likeness (QED) is 0.663. The van der Waals surface area contributed by atoms with E-state index in [0.717, 1.165) is 0 Å². The molecule has 0 atom stereocenters. The first kappa shape index (κ1) is 13.7. The van der Waals surface area contributed by atoms with Crippen molar-refractivity contribution < 1.29 is 14.6 Å². The molecule has 5 heteroatoms. The molecule has 0 heterocycles. The van der Waals surface area contributed by atoms with E-state index in [1.54, 1.807) is 44.5 Å². The minimum absolute atomic E-state index is 0.102. The summed E-state index contributed by atoms with van der Waals surface area (Å²) in [4.78, 5) is 13.8. The van der Waals surface area contributed by atoms with Gasteiger partial charge in [-0.15, -0.1) is 0 Å². The lowest BCUT2D eigenvalue weighted by atomic mass is 10.1. The first-order chi connectivity index (χ1) is 9.52. The maximum Gasteiger partial charge on any atom is 0.258 e. The molecule has 2 aromatic carbocycles. The van der Waals surface area contributed by atoms with Gasteiger partial charge in [0.1, 0.15) is 11.5 Å². The summed E-state index contributed by atoms with van der Waals surface area (Å²) in [5.41, 5.74) is 6.83. The number of ether oxygens (including phenoxy) is 1. The van der Waals surface area contributed by atoms with Crippen LogP contribution in [0.4, 0.5) is 11.4 Å². The highest BCUT2D eigenvalue weighted by atomic mass is 16.5. The Balaban J connectivity index is 2.29. The summed E-state index contributed by atoms with van der Waals surface area (Å²) >= 11 is 0. The Labute approximate surface area is 117 Å². The Hall–Kier alpha value is -2.69. The molecule has 0 spiro atoms. The van der Waals surface area contributed by atoms with Crippen molar-refractivity contribution in [2.75, 3.05) is 24.8 Å². The standard InChI is InChI=1S/C15H16N2O3/c1-17(11-4-3-5-12(9-11)20-2)15(19)10-6-7-13(16)14(18)8-10/h3-9,18H,16H2,1-2H3. The number of nitrogens with two attached hydrogens (primary N) is 1. The van der Waals surface area contributed by atoms with Gasteiger partial charge in [-0.1, -0.05) is 6.07 Å². The van der Waals surface area contributed by atoms with Gasteiger partial charge in [-0.05, 0) is 30.3 Å². The summed E-state index contributed by atoms with van der Waals surface area (Å²) in [5.74, 6) is 0.325. The highest BCUT2D eigenvalue weighted by Crippen LogP contribution is 2.24. The Kier molecular flexibility index (Phi) is 3.79. The zero-order chi connectivity index (χ0) is 14.7. The number of methoxy groups -OCH3 is 1. The van der Waals surface area contributed by atoms with Crippen molar-refractivity contribution in [3.63, 3.8) is 0 Å². The van der Waals surface area contributed by atoms with E-state index in [4.69, 9.17) is 10.5 Å². The maximum absolute atomic E-state index is 12.3. The lowest BCUT2D eigenvalue weighted by Gasteiger charge is -2.18. The van der Waals surface area contributed by atoms with E-state index >= 15 is 0 Å². The fourth-order valence-corrected chi connectivity index (χ4v) is 1.81. The molecule has 0 aliphatic carbocycles. The molecule has 1 amide bonds. The molecule has 0 saturated heterocycles. The average Bonchev–Trinajstić information content (AvgIpc) is 2.48. The molecular weight excluding hydrogens is 256 g/mol. The van der Waals surface area contributed by atoms with E-state index < -0.39 is 0 Å². The lowest BCUT2D eigenvalue weighted by molar-refractivity contribution is 0.0992. The van der Waals surface area contributed by atoms with Crippen LogP contribution in [0, 0.1) is 0 Å². The Morgan fingerprint density at radius 3 is 2.65 bits per heavy atom. The Morgan fingerprint density at radius 1 is 1.25 bits per heavy atom. The average molecular weight is 272 g/mol. The second-order valence-corrected chi connectivity index (χ2v) is 4.34. The van der Waals surface area contributed by atoms with Crippen LogP contribution in [0.25, 0.3) is 0 Å². The number of phenolic OH excluding ortho intramolecular Hbond substituents is 1. The van der Waals surface area contributed by atoms with Crippen LogP contribution < -0.4 is 15.4 Å². The minimum atomic E-state index is -0.242. The van der Waals surface area contributed by atoms with Crippen LogP contribution in [0.15, 0.2) is 42.5 Å². The van der Waals surface area contributed by atoms with E-state index in [1.807, 2.05) is 0 Å². The third-order valence-corrected chi connectivity index (χ3v) is 3.02. The number of phenols is 1. The van der Waals surface area contributed by atoms with Crippen LogP contribution in [0.3, 0.4) is 0 Å². The molecule has 0 saturated carbocycles. The van der Waals surface area contributed by atoms with E-state index in [1.165, 1.54) is 17.0 Å². The number of aromatic hydroxyl groups is 1. The van der Waals surface area contributed by atoms with Gasteiger partial charge in [-0.2, -0.15) is 0 Å². The van der Waals surface area contributed by atoms with E-state index in [2.05, 4.69) is 0 Å². The Bertz CT molecular complexity index is 641. The predicted octanol–water partition coefficient (Wildman–Crippen LogP) is 2.26. The number of hydrogen-bond donors (Lipinski definition) is 2. The van der Waals surface area contributed by atoms with Gasteiger partial charge in [-0.3, -0.25) is 4.79 Å². The van der Waals surface area contributed by atoms with Gasteiger partial charge in [0.25, 0.3) is 5.91 Å². The van der Waals surface area contributed by atoms with Crippen LogP contribution in [-0.4, -0.2) is 25.2 Å². The molecule has 0 aliphatic rings. The number of nitrogen functional groups attached to an aromatic ring is 1. The Morgan fingerprint density at radius 2 is 2.00 bits per heavy atom. The first-order valence-corrected chi connectivity index (χ1v) is 6.03. The number of nitrogens with zero attached hydrogens (tertiary/aromatic N) is 1. The highest BCUT2D eigenvalue weighted by Gasteiger charge is 2.15. The topological polar surface area (TPSA) is 75.8 Å². The highest BCUT2D eigenvalue weighted by molar-refractivity contribution is 6.06. The molecule has 20 heavy (non-hydrogen) atoms. The van der Waals surface area contributed by atoms with Gasteiger partial charge in [-0.25, -0.2) is 0 Å². The van der Waals surface area contributed by atoms with Gasteiger partial charge in [0.2, 0.25) is 0 Å².